The van der Waals surface area contributed by atoms with E-state index in [2.05, 4.69) is 5.32 Å². The van der Waals surface area contributed by atoms with Gasteiger partial charge in [0.2, 0.25) is 5.91 Å². The highest BCUT2D eigenvalue weighted by molar-refractivity contribution is 5.76. The topological polar surface area (TPSA) is 88.4 Å². The number of esters is 1. The van der Waals surface area contributed by atoms with E-state index in [0.717, 1.165) is 5.56 Å². The molecule has 0 saturated heterocycles. The van der Waals surface area contributed by atoms with Crippen molar-refractivity contribution in [3.63, 3.8) is 0 Å². The van der Waals surface area contributed by atoms with Crippen molar-refractivity contribution in [2.24, 2.45) is 0 Å². The van der Waals surface area contributed by atoms with Crippen LogP contribution in [0.3, 0.4) is 0 Å². The minimum atomic E-state index is -0.541. The van der Waals surface area contributed by atoms with E-state index in [-0.39, 0.29) is 18.9 Å². The van der Waals surface area contributed by atoms with E-state index in [1.165, 1.54) is 6.92 Å². The number of hydrogen-bond acceptors (Lipinski definition) is 5. The molecule has 0 aliphatic carbocycles. The Morgan fingerprint density at radius 1 is 1.35 bits per heavy atom. The molecule has 6 heteroatoms. The zero-order valence-corrected chi connectivity index (χ0v) is 11.4. The smallest absolute Gasteiger partial charge is 0.309 e. The lowest BCUT2D eigenvalue weighted by Crippen LogP contribution is -2.28. The molecule has 1 atom stereocenters. The normalized spacial score (nSPS) is 11.1. The van der Waals surface area contributed by atoms with E-state index in [1.807, 2.05) is 0 Å². The third-order valence-electron chi connectivity index (χ3n) is 2.56. The second-order valence-corrected chi connectivity index (χ2v) is 4.05. The highest BCUT2D eigenvalue weighted by Crippen LogP contribution is 2.20. The number of ether oxygens (including phenoxy) is 2. The molecule has 0 fully saturated rings. The number of methoxy groups -OCH3 is 1. The molecular weight excluding hydrogens is 260 g/mol. The molecule has 1 rings (SSSR count). The van der Waals surface area contributed by atoms with Crippen molar-refractivity contribution in [2.45, 2.75) is 19.4 Å². The second-order valence-electron chi connectivity index (χ2n) is 4.05. The van der Waals surface area contributed by atoms with Crippen molar-refractivity contribution in [2.75, 3.05) is 13.7 Å². The Balaban J connectivity index is 2.79. The van der Waals surface area contributed by atoms with Crippen LogP contribution in [0.1, 0.15) is 24.9 Å². The van der Waals surface area contributed by atoms with Gasteiger partial charge in [-0.15, -0.1) is 0 Å². The number of carbonyl (C=O) groups is 2. The quantitative estimate of drug-likeness (QED) is 0.792. The Morgan fingerprint density at radius 3 is 2.50 bits per heavy atom. The van der Waals surface area contributed by atoms with Crippen LogP contribution >= 0.6 is 0 Å². The molecule has 1 unspecified atom stereocenters. The summed E-state index contributed by atoms with van der Waals surface area (Å²) in [4.78, 5) is 22.7. The molecule has 20 heavy (non-hydrogen) atoms. The van der Waals surface area contributed by atoms with Gasteiger partial charge in [0.25, 0.3) is 0 Å². The highest BCUT2D eigenvalue weighted by Gasteiger charge is 2.18. The van der Waals surface area contributed by atoms with Gasteiger partial charge < -0.3 is 14.8 Å². The van der Waals surface area contributed by atoms with E-state index in [9.17, 15) is 9.59 Å². The van der Waals surface area contributed by atoms with Crippen LogP contribution in [0, 0.1) is 11.3 Å². The largest absolute Gasteiger partial charge is 0.497 e. The first-order chi connectivity index (χ1) is 9.56. The van der Waals surface area contributed by atoms with Gasteiger partial charge in [-0.2, -0.15) is 5.26 Å². The predicted octanol–water partition coefficient (Wildman–Crippen LogP) is 1.33. The Hall–Kier alpha value is -2.55. The van der Waals surface area contributed by atoms with Gasteiger partial charge >= 0.3 is 5.97 Å². The van der Waals surface area contributed by atoms with Crippen molar-refractivity contribution in [3.8, 4) is 11.8 Å². The standard InChI is InChI=1S/C14H16N2O4/c1-10(17)16-13(9-14(18)20-8-7-15)11-3-5-12(19-2)6-4-11/h3-6,13H,8-9H2,1-2H3,(H,16,17). The first-order valence-corrected chi connectivity index (χ1v) is 6.00. The molecule has 1 aromatic carbocycles. The van der Waals surface area contributed by atoms with E-state index < -0.39 is 12.0 Å². The zero-order valence-electron chi connectivity index (χ0n) is 11.4. The van der Waals surface area contributed by atoms with E-state index >= 15 is 0 Å². The molecular formula is C14H16N2O4. The van der Waals surface area contributed by atoms with E-state index in [1.54, 1.807) is 37.4 Å². The van der Waals surface area contributed by atoms with Crippen molar-refractivity contribution in [3.05, 3.63) is 29.8 Å². The third kappa shape index (κ3) is 4.98. The third-order valence-corrected chi connectivity index (χ3v) is 2.56. The molecule has 1 N–H and O–H groups in total. The Morgan fingerprint density at radius 2 is 2.00 bits per heavy atom. The summed E-state index contributed by atoms with van der Waals surface area (Å²) in [5.41, 5.74) is 0.759. The van der Waals surface area contributed by atoms with Crippen LogP contribution < -0.4 is 10.1 Å². The predicted molar refractivity (Wildman–Crippen MR) is 70.7 cm³/mol. The van der Waals surface area contributed by atoms with Gasteiger partial charge in [0.15, 0.2) is 6.61 Å². The molecule has 0 aliphatic rings. The van der Waals surface area contributed by atoms with Crippen LogP contribution in [-0.2, 0) is 14.3 Å². The van der Waals surface area contributed by atoms with Gasteiger partial charge in [0.1, 0.15) is 11.8 Å². The Kier molecular flexibility index (Phi) is 6.04. The van der Waals surface area contributed by atoms with Crippen molar-refractivity contribution in [1.29, 1.82) is 5.26 Å². The molecule has 106 valence electrons. The van der Waals surface area contributed by atoms with Crippen LogP contribution in [-0.4, -0.2) is 25.6 Å². The lowest BCUT2D eigenvalue weighted by molar-refractivity contribution is -0.143. The highest BCUT2D eigenvalue weighted by atomic mass is 16.5. The second kappa shape index (κ2) is 7.79. The number of benzene rings is 1. The van der Waals surface area contributed by atoms with Crippen molar-refractivity contribution >= 4 is 11.9 Å². The number of nitrogens with zero attached hydrogens (tertiary/aromatic N) is 1. The van der Waals surface area contributed by atoms with Crippen LogP contribution in [0.15, 0.2) is 24.3 Å². The lowest BCUT2D eigenvalue weighted by Gasteiger charge is -2.17. The summed E-state index contributed by atoms with van der Waals surface area (Å²) in [7, 11) is 1.56. The summed E-state index contributed by atoms with van der Waals surface area (Å²) in [6.45, 7) is 1.07. The molecule has 1 aromatic rings. The number of hydrogen-bond donors (Lipinski definition) is 1. The first-order valence-electron chi connectivity index (χ1n) is 6.00. The fraction of sp³-hybridized carbons (Fsp3) is 0.357. The molecule has 1 amide bonds. The lowest BCUT2D eigenvalue weighted by atomic mass is 10.0. The minimum Gasteiger partial charge on any atom is -0.497 e. The van der Waals surface area contributed by atoms with Gasteiger partial charge in [-0.05, 0) is 17.7 Å². The maximum absolute atomic E-state index is 11.5. The molecule has 0 aliphatic heterocycles. The number of nitriles is 1. The van der Waals surface area contributed by atoms with Gasteiger partial charge in [-0.1, -0.05) is 12.1 Å². The summed E-state index contributed by atoms with van der Waals surface area (Å²) in [5.74, 6) is -0.109. The van der Waals surface area contributed by atoms with E-state index in [0.29, 0.717) is 5.75 Å². The van der Waals surface area contributed by atoms with Gasteiger partial charge in [-0.3, -0.25) is 9.59 Å². The Labute approximate surface area is 117 Å². The van der Waals surface area contributed by atoms with Gasteiger partial charge in [-0.25, -0.2) is 0 Å². The van der Waals surface area contributed by atoms with Crippen LogP contribution in [0.4, 0.5) is 0 Å². The number of rotatable bonds is 6. The molecule has 0 radical (unpaired) electrons. The molecule has 6 nitrogen and oxygen atoms in total. The summed E-state index contributed by atoms with van der Waals surface area (Å²) < 4.78 is 9.74. The van der Waals surface area contributed by atoms with Crippen LogP contribution in [0.25, 0.3) is 0 Å². The maximum atomic E-state index is 11.5. The average Bonchev–Trinajstić information content (AvgIpc) is 2.44. The summed E-state index contributed by atoms with van der Waals surface area (Å²) in [5, 5.41) is 11.0. The average molecular weight is 276 g/mol. The fourth-order valence-electron chi connectivity index (χ4n) is 1.67. The van der Waals surface area contributed by atoms with E-state index in [4.69, 9.17) is 14.7 Å². The molecule has 0 aromatic heterocycles. The Bertz CT molecular complexity index is 505. The zero-order chi connectivity index (χ0) is 15.0. The number of amides is 1. The number of carbonyl (C=O) groups excluding carboxylic acids is 2. The van der Waals surface area contributed by atoms with Gasteiger partial charge in [0, 0.05) is 6.92 Å². The molecule has 0 saturated carbocycles. The van der Waals surface area contributed by atoms with Crippen molar-refractivity contribution < 1.29 is 19.1 Å². The van der Waals surface area contributed by atoms with Gasteiger partial charge in [0.05, 0.1) is 19.6 Å². The summed E-state index contributed by atoms with van der Waals surface area (Å²) in [6, 6.07) is 8.23. The maximum Gasteiger partial charge on any atom is 0.309 e. The molecule has 0 bridgehead atoms. The molecule has 0 heterocycles. The first kappa shape index (κ1) is 15.5. The fourth-order valence-corrected chi connectivity index (χ4v) is 1.67. The summed E-state index contributed by atoms with van der Waals surface area (Å²) >= 11 is 0. The molecule has 0 spiro atoms. The van der Waals surface area contributed by atoms with Crippen molar-refractivity contribution in [1.82, 2.24) is 5.32 Å². The van der Waals surface area contributed by atoms with Crippen LogP contribution in [0.2, 0.25) is 0 Å². The minimum absolute atomic E-state index is 0.0341. The summed E-state index contributed by atoms with van der Waals surface area (Å²) in [6.07, 6.45) is -0.0341. The SMILES string of the molecule is COc1ccc(C(CC(=O)OCC#N)NC(C)=O)cc1. The monoisotopic (exact) mass is 276 g/mol. The van der Waals surface area contributed by atoms with Crippen LogP contribution in [0.5, 0.6) is 5.75 Å². The number of nitrogens with one attached hydrogen (secondary N) is 1.